The maximum Gasteiger partial charge on any atom is 0.154 e. The number of hydrogen-bond acceptors (Lipinski definition) is 5. The third-order valence-corrected chi connectivity index (χ3v) is 3.96. The lowest BCUT2D eigenvalue weighted by Gasteiger charge is -2.12. The van der Waals surface area contributed by atoms with E-state index in [0.717, 1.165) is 38.4 Å². The fourth-order valence-corrected chi connectivity index (χ4v) is 2.63. The van der Waals surface area contributed by atoms with Crippen molar-refractivity contribution in [1.82, 2.24) is 15.0 Å². The Labute approximate surface area is 136 Å². The minimum absolute atomic E-state index is 0.579. The Bertz CT molecular complexity index is 803. The molecule has 0 spiro atoms. The van der Waals surface area contributed by atoms with Gasteiger partial charge in [0, 0.05) is 24.4 Å². The minimum atomic E-state index is 0.579. The number of H-pyrrole nitrogens is 1. The first-order chi connectivity index (χ1) is 10.7. The molecule has 1 aromatic carbocycles. The second kappa shape index (κ2) is 6.23. The van der Waals surface area contributed by atoms with Crippen LogP contribution in [0.15, 0.2) is 35.2 Å². The predicted molar refractivity (Wildman–Crippen MR) is 88.5 cm³/mol. The number of aromatic amines is 1. The van der Waals surface area contributed by atoms with Crippen LogP contribution in [0.4, 0.5) is 5.82 Å². The summed E-state index contributed by atoms with van der Waals surface area (Å²) in [7, 11) is 3.27. The molecule has 0 radical (unpaired) electrons. The summed E-state index contributed by atoms with van der Waals surface area (Å²) in [5.41, 5.74) is 2.72. The molecule has 3 aromatic rings. The van der Waals surface area contributed by atoms with Gasteiger partial charge in [0.1, 0.15) is 28.9 Å². The number of hydrogen-bond donors (Lipinski definition) is 2. The molecule has 0 fully saturated rings. The molecule has 6 nitrogen and oxygen atoms in total. The van der Waals surface area contributed by atoms with Gasteiger partial charge in [0.05, 0.1) is 18.7 Å². The fraction of sp³-hybridized carbons (Fsp3) is 0.200. The van der Waals surface area contributed by atoms with Crippen molar-refractivity contribution in [2.24, 2.45) is 0 Å². The quantitative estimate of drug-likeness (QED) is 0.728. The molecule has 0 aliphatic heterocycles. The zero-order chi connectivity index (χ0) is 15.5. The van der Waals surface area contributed by atoms with Crippen LogP contribution in [0.5, 0.6) is 11.5 Å². The van der Waals surface area contributed by atoms with Crippen LogP contribution in [-0.4, -0.2) is 29.2 Å². The Morgan fingerprint density at radius 3 is 2.86 bits per heavy atom. The van der Waals surface area contributed by atoms with E-state index in [1.165, 1.54) is 6.33 Å². The number of benzene rings is 1. The zero-order valence-corrected chi connectivity index (χ0v) is 13.8. The van der Waals surface area contributed by atoms with Crippen molar-refractivity contribution in [3.8, 4) is 11.5 Å². The van der Waals surface area contributed by atoms with Gasteiger partial charge in [0.2, 0.25) is 0 Å². The van der Waals surface area contributed by atoms with Crippen molar-refractivity contribution in [3.05, 3.63) is 40.8 Å². The van der Waals surface area contributed by atoms with E-state index < -0.39 is 0 Å². The molecular weight excluding hydrogens is 348 g/mol. The summed E-state index contributed by atoms with van der Waals surface area (Å²) < 4.78 is 11.5. The number of nitrogens with zero attached hydrogens (tertiary/aromatic N) is 2. The highest BCUT2D eigenvalue weighted by Gasteiger charge is 2.10. The van der Waals surface area contributed by atoms with Crippen LogP contribution in [-0.2, 0) is 6.54 Å². The number of fused-ring (bicyclic) bond motifs is 1. The van der Waals surface area contributed by atoms with E-state index in [1.54, 1.807) is 14.2 Å². The first-order valence-electron chi connectivity index (χ1n) is 6.65. The smallest absolute Gasteiger partial charge is 0.154 e. The Morgan fingerprint density at radius 1 is 1.23 bits per heavy atom. The van der Waals surface area contributed by atoms with Gasteiger partial charge in [-0.2, -0.15) is 0 Å². The molecule has 7 heteroatoms. The maximum atomic E-state index is 5.40. The third-order valence-electron chi connectivity index (χ3n) is 3.36. The molecule has 22 heavy (non-hydrogen) atoms. The Balaban J connectivity index is 1.85. The molecule has 0 aliphatic carbocycles. The first kappa shape index (κ1) is 14.6. The van der Waals surface area contributed by atoms with Crippen molar-refractivity contribution in [3.63, 3.8) is 0 Å². The lowest BCUT2D eigenvalue weighted by molar-refractivity contribution is 0.391. The molecule has 0 amide bonds. The summed E-state index contributed by atoms with van der Waals surface area (Å²) >= 11 is 3.45. The Hall–Kier alpha value is -2.28. The molecule has 0 atom stereocenters. The molecule has 0 unspecified atom stereocenters. The van der Waals surface area contributed by atoms with Crippen LogP contribution in [0.2, 0.25) is 0 Å². The number of ether oxygens (including phenoxy) is 2. The molecule has 2 aromatic heterocycles. The van der Waals surface area contributed by atoms with Gasteiger partial charge in [-0.3, -0.25) is 0 Å². The number of methoxy groups -OCH3 is 2. The summed E-state index contributed by atoms with van der Waals surface area (Å²) in [6.07, 6.45) is 3.38. The van der Waals surface area contributed by atoms with E-state index in [9.17, 15) is 0 Å². The number of aromatic nitrogens is 3. The van der Waals surface area contributed by atoms with Crippen molar-refractivity contribution < 1.29 is 9.47 Å². The molecule has 114 valence electrons. The topological polar surface area (TPSA) is 72.1 Å². The fourth-order valence-electron chi connectivity index (χ4n) is 2.22. The summed E-state index contributed by atoms with van der Waals surface area (Å²) in [6, 6.07) is 5.73. The molecule has 2 heterocycles. The van der Waals surface area contributed by atoms with Crippen LogP contribution in [0.25, 0.3) is 11.0 Å². The highest BCUT2D eigenvalue weighted by Crippen LogP contribution is 2.28. The van der Waals surface area contributed by atoms with E-state index >= 15 is 0 Å². The van der Waals surface area contributed by atoms with E-state index in [2.05, 4.69) is 36.2 Å². The first-order valence-corrected chi connectivity index (χ1v) is 7.44. The van der Waals surface area contributed by atoms with Gasteiger partial charge in [-0.25, -0.2) is 9.97 Å². The van der Waals surface area contributed by atoms with Gasteiger partial charge >= 0.3 is 0 Å². The highest BCUT2D eigenvalue weighted by atomic mass is 79.9. The van der Waals surface area contributed by atoms with Crippen LogP contribution in [0.3, 0.4) is 0 Å². The summed E-state index contributed by atoms with van der Waals surface area (Å²) in [5, 5.41) is 3.31. The molecule has 0 bridgehead atoms. The third kappa shape index (κ3) is 2.71. The maximum absolute atomic E-state index is 5.40. The highest BCUT2D eigenvalue weighted by molar-refractivity contribution is 9.10. The largest absolute Gasteiger partial charge is 0.497 e. The van der Waals surface area contributed by atoms with Crippen molar-refractivity contribution in [2.45, 2.75) is 6.54 Å². The van der Waals surface area contributed by atoms with E-state index in [-0.39, 0.29) is 0 Å². The molecule has 3 rings (SSSR count). The van der Waals surface area contributed by atoms with Crippen LogP contribution >= 0.6 is 15.9 Å². The molecule has 0 saturated heterocycles. The zero-order valence-electron chi connectivity index (χ0n) is 12.2. The summed E-state index contributed by atoms with van der Waals surface area (Å²) in [6.45, 7) is 0.579. The van der Waals surface area contributed by atoms with E-state index in [4.69, 9.17) is 9.47 Å². The van der Waals surface area contributed by atoms with Gasteiger partial charge in [0.25, 0.3) is 0 Å². The Morgan fingerprint density at radius 2 is 2.09 bits per heavy atom. The van der Waals surface area contributed by atoms with Gasteiger partial charge in [-0.15, -0.1) is 0 Å². The van der Waals surface area contributed by atoms with Gasteiger partial charge in [-0.1, -0.05) is 0 Å². The second-order valence-electron chi connectivity index (χ2n) is 4.61. The van der Waals surface area contributed by atoms with Crippen LogP contribution < -0.4 is 14.8 Å². The Kier molecular flexibility index (Phi) is 4.15. The monoisotopic (exact) mass is 362 g/mol. The van der Waals surface area contributed by atoms with Crippen molar-refractivity contribution in [2.75, 3.05) is 19.5 Å². The lowest BCUT2D eigenvalue weighted by atomic mass is 10.2. The summed E-state index contributed by atoms with van der Waals surface area (Å²) in [4.78, 5) is 11.7. The van der Waals surface area contributed by atoms with Gasteiger partial charge < -0.3 is 19.8 Å². The molecular formula is C15H15BrN4O2. The summed E-state index contributed by atoms with van der Waals surface area (Å²) in [5.74, 6) is 2.27. The molecule has 0 aliphatic rings. The average Bonchev–Trinajstić information content (AvgIpc) is 2.94. The van der Waals surface area contributed by atoms with Crippen molar-refractivity contribution >= 4 is 32.8 Å². The van der Waals surface area contributed by atoms with E-state index in [1.807, 2.05) is 24.4 Å². The molecule has 0 saturated carbocycles. The lowest BCUT2D eigenvalue weighted by Crippen LogP contribution is -2.04. The van der Waals surface area contributed by atoms with Crippen LogP contribution in [0.1, 0.15) is 5.56 Å². The van der Waals surface area contributed by atoms with Gasteiger partial charge in [-0.05, 0) is 28.1 Å². The number of nitrogens with one attached hydrogen (secondary N) is 2. The van der Waals surface area contributed by atoms with E-state index in [0.29, 0.717) is 6.54 Å². The number of halogens is 1. The molecule has 2 N–H and O–H groups in total. The SMILES string of the molecule is COc1ccc(CNc2ncnc3c(Br)c[nH]c23)c(OC)c1. The minimum Gasteiger partial charge on any atom is -0.497 e. The van der Waals surface area contributed by atoms with Gasteiger partial charge in [0.15, 0.2) is 5.82 Å². The predicted octanol–water partition coefficient (Wildman–Crippen LogP) is 3.35. The number of anilines is 1. The van der Waals surface area contributed by atoms with Crippen molar-refractivity contribution in [1.29, 1.82) is 0 Å². The normalized spacial score (nSPS) is 10.7. The second-order valence-corrected chi connectivity index (χ2v) is 5.47. The standard InChI is InChI=1S/C15H15BrN4O2/c1-21-10-4-3-9(12(5-10)22-2)6-18-15-14-13(19-8-20-15)11(16)7-17-14/h3-5,7-8,17H,6H2,1-2H3,(H,18,19,20). The van der Waals surface area contributed by atoms with Crippen LogP contribution in [0, 0.1) is 0 Å². The average molecular weight is 363 g/mol. The number of rotatable bonds is 5.